The van der Waals surface area contributed by atoms with Crippen LogP contribution < -0.4 is 25.5 Å². The highest BCUT2D eigenvalue weighted by Crippen LogP contribution is 2.64. The summed E-state index contributed by atoms with van der Waals surface area (Å²) in [6.45, 7) is 33.3. The van der Waals surface area contributed by atoms with E-state index < -0.39 is 0 Å². The Labute approximate surface area is 459 Å². The second kappa shape index (κ2) is 16.8. The van der Waals surface area contributed by atoms with Crippen molar-refractivity contribution in [2.24, 2.45) is 0 Å². The SMILES string of the molecule is CC(C)(C)c1ccc(N(c2cccc(C(C)(C)C)c2)c2cc3c4c(c2)N(c2ccc(C(C)(C)C)cc2-c2ccccc2)c2ccc5oc6ccccc6c5c2B4N2c4c-3cc(C(C)(C)C)cc4C3(C)CCCCC23C)cc1. The lowest BCUT2D eigenvalue weighted by Crippen LogP contribution is -2.70. The number of hydrogen-bond acceptors (Lipinski definition) is 4. The van der Waals surface area contributed by atoms with Crippen molar-refractivity contribution in [3.05, 3.63) is 186 Å². The van der Waals surface area contributed by atoms with Crippen LogP contribution in [0.25, 0.3) is 44.2 Å². The van der Waals surface area contributed by atoms with Gasteiger partial charge in [0.2, 0.25) is 0 Å². The molecule has 0 saturated heterocycles. The Morgan fingerprint density at radius 3 is 1.82 bits per heavy atom. The number of para-hydroxylation sites is 1. The van der Waals surface area contributed by atoms with Crippen LogP contribution >= 0.6 is 0 Å². The second-order valence-electron chi connectivity index (χ2n) is 27.8. The van der Waals surface area contributed by atoms with Crippen LogP contribution in [0.3, 0.4) is 0 Å². The molecule has 0 radical (unpaired) electrons. The van der Waals surface area contributed by atoms with Crippen molar-refractivity contribution in [1.82, 2.24) is 0 Å². The Bertz CT molecular complexity index is 3860. The first-order valence-corrected chi connectivity index (χ1v) is 28.6. The third-order valence-electron chi connectivity index (χ3n) is 18.8. The summed E-state index contributed by atoms with van der Waals surface area (Å²) in [6.07, 6.45) is 4.71. The maximum Gasteiger partial charge on any atom is 0.329 e. The Hall–Kier alpha value is -6.98. The van der Waals surface area contributed by atoms with E-state index in [1.165, 1.54) is 102 Å². The number of fused-ring (bicyclic) bond motifs is 11. The molecule has 5 heteroatoms. The zero-order valence-corrected chi connectivity index (χ0v) is 48.2. The average Bonchev–Trinajstić information content (AvgIpc) is 3.27. The van der Waals surface area contributed by atoms with Crippen LogP contribution in [0.1, 0.15) is 150 Å². The highest BCUT2D eigenvalue weighted by Gasteiger charge is 2.63. The van der Waals surface area contributed by atoms with Gasteiger partial charge in [-0.05, 0) is 164 Å². The monoisotopic (exact) mass is 1010 g/mol. The van der Waals surface area contributed by atoms with Crippen molar-refractivity contribution in [1.29, 1.82) is 0 Å². The third-order valence-corrected chi connectivity index (χ3v) is 18.8. The van der Waals surface area contributed by atoms with E-state index in [9.17, 15) is 0 Å². The molecule has 0 spiro atoms. The maximum atomic E-state index is 6.96. The average molecular weight is 1010 g/mol. The van der Waals surface area contributed by atoms with Gasteiger partial charge in [0.05, 0.1) is 5.69 Å². The molecule has 0 amide bonds. The highest BCUT2D eigenvalue weighted by atomic mass is 16.3. The lowest BCUT2D eigenvalue weighted by molar-refractivity contribution is 0.199. The zero-order chi connectivity index (χ0) is 53.9. The van der Waals surface area contributed by atoms with E-state index >= 15 is 0 Å². The summed E-state index contributed by atoms with van der Waals surface area (Å²) >= 11 is 0. The lowest BCUT2D eigenvalue weighted by atomic mass is 9.41. The van der Waals surface area contributed by atoms with Crippen molar-refractivity contribution in [3.8, 4) is 22.3 Å². The zero-order valence-electron chi connectivity index (χ0n) is 48.2. The van der Waals surface area contributed by atoms with Crippen LogP contribution in [-0.2, 0) is 27.1 Å². The molecule has 0 N–H and O–H groups in total. The van der Waals surface area contributed by atoms with Gasteiger partial charge in [0.25, 0.3) is 0 Å². The normalized spacial score (nSPS) is 18.9. The summed E-state index contributed by atoms with van der Waals surface area (Å²) in [6, 6.07) is 61.0. The van der Waals surface area contributed by atoms with Crippen LogP contribution in [0.15, 0.2) is 162 Å². The molecule has 2 unspecified atom stereocenters. The Balaban J connectivity index is 1.22. The Kier molecular flexibility index (Phi) is 10.8. The van der Waals surface area contributed by atoms with Crippen molar-refractivity contribution < 1.29 is 4.42 Å². The molecule has 1 saturated carbocycles. The molecule has 1 fully saturated rings. The summed E-state index contributed by atoms with van der Waals surface area (Å²) < 4.78 is 6.96. The van der Waals surface area contributed by atoms with Gasteiger partial charge in [0.1, 0.15) is 11.2 Å². The van der Waals surface area contributed by atoms with E-state index in [1.807, 2.05) is 0 Å². The van der Waals surface area contributed by atoms with E-state index in [4.69, 9.17) is 4.42 Å². The molecule has 4 aliphatic rings. The molecule has 4 nitrogen and oxygen atoms in total. The van der Waals surface area contributed by atoms with Gasteiger partial charge in [-0.1, -0.05) is 188 Å². The van der Waals surface area contributed by atoms with Crippen LogP contribution in [-0.4, -0.2) is 12.4 Å². The summed E-state index contributed by atoms with van der Waals surface area (Å²) in [4.78, 5) is 8.22. The van der Waals surface area contributed by atoms with Crippen molar-refractivity contribution in [2.75, 3.05) is 14.6 Å². The number of furan rings is 1. The van der Waals surface area contributed by atoms with Gasteiger partial charge in [0.15, 0.2) is 0 Å². The lowest BCUT2D eigenvalue weighted by Gasteiger charge is -2.55. The van der Waals surface area contributed by atoms with Crippen LogP contribution in [0.2, 0.25) is 0 Å². The number of anilines is 7. The molecule has 2 atom stereocenters. The van der Waals surface area contributed by atoms with Gasteiger partial charge in [-0.25, -0.2) is 0 Å². The number of benzene rings is 8. The quantitative estimate of drug-likeness (QED) is 0.160. The molecule has 13 rings (SSSR count). The van der Waals surface area contributed by atoms with E-state index in [0.717, 1.165) is 46.8 Å². The number of hydrogen-bond donors (Lipinski definition) is 0. The van der Waals surface area contributed by atoms with Gasteiger partial charge in [0, 0.05) is 67.0 Å². The van der Waals surface area contributed by atoms with Gasteiger partial charge in [-0.3, -0.25) is 0 Å². The fraction of sp³-hybridized carbons (Fsp3) is 0.333. The molecule has 0 bridgehead atoms. The van der Waals surface area contributed by atoms with Crippen molar-refractivity contribution in [2.45, 2.75) is 155 Å². The van der Waals surface area contributed by atoms with Crippen LogP contribution in [0, 0.1) is 0 Å². The minimum Gasteiger partial charge on any atom is -0.456 e. The van der Waals surface area contributed by atoms with Crippen LogP contribution in [0.4, 0.5) is 39.8 Å². The van der Waals surface area contributed by atoms with Gasteiger partial charge in [-0.15, -0.1) is 0 Å². The molecule has 388 valence electrons. The standard InChI is InChI=1S/C72H76BN3O/c1-67(2,3)46-29-32-50(33-30-46)74(51-26-22-25-47(39-51)68(4,5)6)52-43-55-56-41-49(70(10,11)12)42-57-66(56)76(72(14)38-21-20-37-71(57,72)13)73-64(55)60(44-52)75(59-35-36-62-63(65(59)73)53-27-18-19-28-61(53)77-62)58-34-31-48(69(7,8)9)40-54(58)45-23-16-15-17-24-45/h15-19,22-36,39-44H,20-21,37-38H2,1-14H3. The fourth-order valence-electron chi connectivity index (χ4n) is 14.2. The first-order valence-electron chi connectivity index (χ1n) is 28.6. The molecule has 1 aliphatic carbocycles. The topological polar surface area (TPSA) is 22.9 Å². The molecule has 3 aliphatic heterocycles. The Morgan fingerprint density at radius 2 is 1.10 bits per heavy atom. The third kappa shape index (κ3) is 7.45. The molecule has 8 aromatic carbocycles. The number of nitrogens with zero attached hydrogens (tertiary/aromatic N) is 3. The molecule has 1 aromatic heterocycles. The highest BCUT2D eigenvalue weighted by molar-refractivity contribution is 6.95. The maximum absolute atomic E-state index is 6.96. The Morgan fingerprint density at radius 1 is 0.468 bits per heavy atom. The minimum absolute atomic E-state index is 0.00785. The van der Waals surface area contributed by atoms with Crippen molar-refractivity contribution in [3.63, 3.8) is 0 Å². The largest absolute Gasteiger partial charge is 0.456 e. The van der Waals surface area contributed by atoms with E-state index in [0.29, 0.717) is 0 Å². The second-order valence-corrected chi connectivity index (χ2v) is 27.8. The first-order chi connectivity index (χ1) is 36.5. The molecular formula is C72H76BN3O. The summed E-state index contributed by atoms with van der Waals surface area (Å²) in [5.74, 6) is 0. The first kappa shape index (κ1) is 49.6. The molecular weight excluding hydrogens is 934 g/mol. The molecule has 9 aromatic rings. The van der Waals surface area contributed by atoms with Gasteiger partial charge in [-0.2, -0.15) is 0 Å². The van der Waals surface area contributed by atoms with Gasteiger partial charge >= 0.3 is 6.85 Å². The summed E-state index contributed by atoms with van der Waals surface area (Å²) in [5, 5.41) is 2.38. The molecule has 4 heterocycles. The van der Waals surface area contributed by atoms with Crippen LogP contribution in [0.5, 0.6) is 0 Å². The number of rotatable bonds is 5. The van der Waals surface area contributed by atoms with Gasteiger partial charge < -0.3 is 19.0 Å². The van der Waals surface area contributed by atoms with Crippen molar-refractivity contribution >= 4 is 79.5 Å². The van der Waals surface area contributed by atoms with E-state index in [2.05, 4.69) is 269 Å². The summed E-state index contributed by atoms with van der Waals surface area (Å²) in [5.41, 5.74) is 24.5. The van der Waals surface area contributed by atoms with E-state index in [-0.39, 0.29) is 39.5 Å². The molecule has 77 heavy (non-hydrogen) atoms. The predicted octanol–water partition coefficient (Wildman–Crippen LogP) is 18.9. The minimum atomic E-state index is -0.171. The summed E-state index contributed by atoms with van der Waals surface area (Å²) in [7, 11) is 0. The fourth-order valence-corrected chi connectivity index (χ4v) is 14.2. The smallest absolute Gasteiger partial charge is 0.329 e. The predicted molar refractivity (Wildman–Crippen MR) is 330 cm³/mol. The van der Waals surface area contributed by atoms with E-state index in [1.54, 1.807) is 0 Å².